The summed E-state index contributed by atoms with van der Waals surface area (Å²) in [4.78, 5) is 20.5. The number of benzene rings is 3. The fourth-order valence-electron chi connectivity index (χ4n) is 5.97. The van der Waals surface area contributed by atoms with E-state index in [0.717, 1.165) is 16.7 Å². The third-order valence-corrected chi connectivity index (χ3v) is 9.81. The van der Waals surface area contributed by atoms with Crippen molar-refractivity contribution in [2.75, 3.05) is 32.1 Å². The first-order valence-electron chi connectivity index (χ1n) is 16.2. The second-order valence-corrected chi connectivity index (χ2v) is 13.9. The van der Waals surface area contributed by atoms with Gasteiger partial charge in [0.05, 0.1) is 31.7 Å². The molecule has 254 valence electrons. The van der Waals surface area contributed by atoms with Gasteiger partial charge in [0.15, 0.2) is 22.8 Å². The molecule has 48 heavy (non-hydrogen) atoms. The van der Waals surface area contributed by atoms with E-state index in [0.29, 0.717) is 29.2 Å². The number of hydrogen-bond donors (Lipinski definition) is 2. The van der Waals surface area contributed by atoms with Crippen LogP contribution in [0.3, 0.4) is 0 Å². The van der Waals surface area contributed by atoms with Crippen LogP contribution < -0.4 is 11.2 Å². The second kappa shape index (κ2) is 16.0. The maximum absolute atomic E-state index is 13.3. The Kier molecular flexibility index (Phi) is 11.8. The maximum Gasteiger partial charge on any atom is 0.356 e. The van der Waals surface area contributed by atoms with Crippen molar-refractivity contribution in [3.05, 3.63) is 120 Å². The molecule has 0 amide bonds. The molecule has 1 atom stereocenters. The van der Waals surface area contributed by atoms with Crippen LogP contribution in [0.2, 0.25) is 0 Å². The molecule has 0 fully saturated rings. The number of rotatable bonds is 17. The Balaban J connectivity index is 1.60. The van der Waals surface area contributed by atoms with E-state index >= 15 is 0 Å². The van der Waals surface area contributed by atoms with Gasteiger partial charge in [-0.15, -0.1) is 0 Å². The third-order valence-electron chi connectivity index (χ3n) is 7.83. The average molecular weight is 673 g/mol. The lowest BCUT2D eigenvalue weighted by atomic mass is 9.68. The summed E-state index contributed by atoms with van der Waals surface area (Å²) >= 11 is 0. The first-order valence-corrected chi connectivity index (χ1v) is 17.9. The number of nitrogens with zero attached hydrogens (tertiary/aromatic N) is 4. The summed E-state index contributed by atoms with van der Waals surface area (Å²) in [5, 5.41) is 0. The van der Waals surface area contributed by atoms with E-state index in [4.69, 9.17) is 39.3 Å². The van der Waals surface area contributed by atoms with Gasteiger partial charge in [-0.2, -0.15) is 0 Å². The molecule has 11 nitrogen and oxygen atoms in total. The predicted octanol–water partition coefficient (Wildman–Crippen LogP) is 7.09. The van der Waals surface area contributed by atoms with Gasteiger partial charge in [0, 0.05) is 13.2 Å². The van der Waals surface area contributed by atoms with Gasteiger partial charge in [0.1, 0.15) is 11.8 Å². The summed E-state index contributed by atoms with van der Waals surface area (Å²) in [6.45, 7) is 7.81. The first kappa shape index (κ1) is 35.3. The summed E-state index contributed by atoms with van der Waals surface area (Å²) in [5.74, 6) is 0.956. The van der Waals surface area contributed by atoms with Gasteiger partial charge in [-0.3, -0.25) is 9.40 Å². The minimum atomic E-state index is -3.44. The molecule has 0 bridgehead atoms. The van der Waals surface area contributed by atoms with Crippen LogP contribution in [0.15, 0.2) is 97.3 Å². The Hall–Kier alpha value is -3.96. The lowest BCUT2D eigenvalue weighted by Crippen LogP contribution is -2.34. The van der Waals surface area contributed by atoms with Crippen molar-refractivity contribution >= 4 is 24.6 Å². The van der Waals surface area contributed by atoms with Crippen LogP contribution in [0.4, 0.5) is 5.82 Å². The standard InChI is InChI=1S/C36H45N6O5P/c1-26(2)46-48(43,47-27(3)4)25-45-22-21-31(23-37)42-24-38-32-33(41-44-5)39-35(40-34(32)42)36(28-15-9-6-10-16-28,29-17-11-7-12-18-29)30-19-13-8-14-20-30/h6-20,24,26-27,31H,21-23,25,37H2,1-5H3,(H,39,40,41). The highest BCUT2D eigenvalue weighted by molar-refractivity contribution is 7.53. The van der Waals surface area contributed by atoms with Crippen molar-refractivity contribution in [3.8, 4) is 0 Å². The normalized spacial score (nSPS) is 13.0. The Labute approximate surface area is 282 Å². The van der Waals surface area contributed by atoms with Crippen molar-refractivity contribution < 1.29 is 23.2 Å². The van der Waals surface area contributed by atoms with Crippen LogP contribution >= 0.6 is 7.60 Å². The number of ether oxygens (including phenoxy) is 1. The van der Waals surface area contributed by atoms with E-state index < -0.39 is 13.0 Å². The van der Waals surface area contributed by atoms with Crippen LogP contribution in [0, 0.1) is 0 Å². The molecule has 3 N–H and O–H groups in total. The third kappa shape index (κ3) is 7.68. The maximum atomic E-state index is 13.3. The summed E-state index contributed by atoms with van der Waals surface area (Å²) in [6, 6.07) is 30.5. The fourth-order valence-corrected chi connectivity index (χ4v) is 7.77. The van der Waals surface area contributed by atoms with Gasteiger partial charge in [-0.25, -0.2) is 20.4 Å². The molecule has 0 saturated heterocycles. The molecule has 0 spiro atoms. The van der Waals surface area contributed by atoms with Crippen LogP contribution in [0.25, 0.3) is 11.2 Å². The lowest BCUT2D eigenvalue weighted by Gasteiger charge is -2.34. The second-order valence-electron chi connectivity index (χ2n) is 12.0. The minimum Gasteiger partial charge on any atom is -0.369 e. The Bertz CT molecular complexity index is 1680. The zero-order chi connectivity index (χ0) is 34.1. The monoisotopic (exact) mass is 672 g/mol. The number of nitrogens with one attached hydrogen (secondary N) is 1. The smallest absolute Gasteiger partial charge is 0.356 e. The number of fused-ring (bicyclic) bond motifs is 1. The molecule has 0 radical (unpaired) electrons. The van der Waals surface area contributed by atoms with Crippen molar-refractivity contribution in [1.82, 2.24) is 19.5 Å². The summed E-state index contributed by atoms with van der Waals surface area (Å²) < 4.78 is 32.4. The number of imidazole rings is 1. The Morgan fingerprint density at radius 2 is 1.35 bits per heavy atom. The van der Waals surface area contributed by atoms with E-state index in [1.54, 1.807) is 6.33 Å². The first-order chi connectivity index (χ1) is 23.2. The molecular weight excluding hydrogens is 627 g/mol. The summed E-state index contributed by atoms with van der Waals surface area (Å²) in [6.07, 6.45) is 1.51. The van der Waals surface area contributed by atoms with Gasteiger partial charge in [0.25, 0.3) is 0 Å². The molecule has 5 rings (SSSR count). The van der Waals surface area contributed by atoms with E-state index in [2.05, 4.69) is 41.9 Å². The summed E-state index contributed by atoms with van der Waals surface area (Å²) in [7, 11) is -1.91. The highest BCUT2D eigenvalue weighted by Crippen LogP contribution is 2.50. The average Bonchev–Trinajstić information content (AvgIpc) is 3.50. The van der Waals surface area contributed by atoms with Crippen molar-refractivity contribution in [2.24, 2.45) is 5.73 Å². The van der Waals surface area contributed by atoms with E-state index in [1.807, 2.05) is 86.9 Å². The SMILES string of the molecule is CONc1nc(C(c2ccccc2)(c2ccccc2)c2ccccc2)nc2c1ncn2C(CN)CCOCP(=O)(OC(C)C)OC(C)C. The largest absolute Gasteiger partial charge is 0.369 e. The molecule has 0 aliphatic carbocycles. The van der Waals surface area contributed by atoms with E-state index in [9.17, 15) is 4.57 Å². The highest BCUT2D eigenvalue weighted by atomic mass is 31.2. The van der Waals surface area contributed by atoms with Gasteiger partial charge in [-0.05, 0) is 50.8 Å². The quantitative estimate of drug-likeness (QED) is 0.0456. The molecule has 0 saturated carbocycles. The fraction of sp³-hybridized carbons (Fsp3) is 0.361. The van der Waals surface area contributed by atoms with Crippen LogP contribution in [0.5, 0.6) is 0 Å². The van der Waals surface area contributed by atoms with Crippen molar-refractivity contribution in [2.45, 2.75) is 57.8 Å². The van der Waals surface area contributed by atoms with Gasteiger partial charge >= 0.3 is 7.60 Å². The number of hydrogen-bond acceptors (Lipinski definition) is 10. The zero-order valence-electron chi connectivity index (χ0n) is 28.2. The lowest BCUT2D eigenvalue weighted by molar-refractivity contribution is 0.0943. The van der Waals surface area contributed by atoms with Crippen LogP contribution in [-0.4, -0.2) is 58.3 Å². The van der Waals surface area contributed by atoms with Crippen molar-refractivity contribution in [1.29, 1.82) is 0 Å². The van der Waals surface area contributed by atoms with Gasteiger partial charge < -0.3 is 24.1 Å². The zero-order valence-corrected chi connectivity index (χ0v) is 29.0. The molecule has 0 aliphatic rings. The topological polar surface area (TPSA) is 136 Å². The molecule has 2 aromatic heterocycles. The van der Waals surface area contributed by atoms with E-state index in [-0.39, 0.29) is 37.7 Å². The molecule has 5 aromatic rings. The number of anilines is 1. The van der Waals surface area contributed by atoms with Gasteiger partial charge in [-0.1, -0.05) is 91.0 Å². The van der Waals surface area contributed by atoms with Gasteiger partial charge in [0.2, 0.25) is 0 Å². The molecule has 1 unspecified atom stereocenters. The molecule has 0 aliphatic heterocycles. The molecule has 12 heteroatoms. The van der Waals surface area contributed by atoms with E-state index in [1.165, 1.54) is 7.11 Å². The summed E-state index contributed by atoms with van der Waals surface area (Å²) in [5.41, 5.74) is 12.5. The van der Waals surface area contributed by atoms with Crippen LogP contribution in [0.1, 0.15) is 62.7 Å². The Morgan fingerprint density at radius 3 is 1.81 bits per heavy atom. The predicted molar refractivity (Wildman–Crippen MR) is 188 cm³/mol. The van der Waals surface area contributed by atoms with Crippen LogP contribution in [-0.2, 0) is 28.6 Å². The minimum absolute atomic E-state index is 0.159. The molecule has 2 heterocycles. The highest BCUT2D eigenvalue weighted by Gasteiger charge is 2.42. The number of nitrogens with two attached hydrogens (primary N) is 1. The number of aromatic nitrogens is 4. The molecular formula is C36H45N6O5P. The molecule has 3 aromatic carbocycles. The van der Waals surface area contributed by atoms with Crippen molar-refractivity contribution in [3.63, 3.8) is 0 Å². The Morgan fingerprint density at radius 1 is 0.833 bits per heavy atom.